The summed E-state index contributed by atoms with van der Waals surface area (Å²) in [5.74, 6) is -2.18. The number of rotatable bonds is 8. The van der Waals surface area contributed by atoms with Crippen molar-refractivity contribution < 1.29 is 34.8 Å². The molecule has 0 saturated carbocycles. The van der Waals surface area contributed by atoms with Gasteiger partial charge in [0.2, 0.25) is 0 Å². The normalized spacial score (nSPS) is 12.8. The Bertz CT molecular complexity index is 352. The Labute approximate surface area is 124 Å². The molecule has 0 aliphatic rings. The molecular weight excluding hydrogens is 280 g/mol. The number of ether oxygens (including phenoxy) is 1. The maximum absolute atomic E-state index is 10.1. The zero-order valence-corrected chi connectivity index (χ0v) is 12.5. The maximum atomic E-state index is 10.1. The van der Waals surface area contributed by atoms with E-state index in [-0.39, 0.29) is 31.2 Å². The van der Waals surface area contributed by atoms with Crippen molar-refractivity contribution in [2.45, 2.75) is 20.8 Å². The summed E-state index contributed by atoms with van der Waals surface area (Å²) in [4.78, 5) is 20.1. The van der Waals surface area contributed by atoms with E-state index in [1.807, 2.05) is 0 Å². The molecule has 122 valence electrons. The Balaban J connectivity index is 0. The largest absolute Gasteiger partial charge is 0.500 e. The van der Waals surface area contributed by atoms with Crippen LogP contribution >= 0.6 is 0 Å². The summed E-state index contributed by atoms with van der Waals surface area (Å²) in [7, 11) is 0. The molecule has 7 nitrogen and oxygen atoms in total. The molecular formula is C14H24O7. The minimum absolute atomic E-state index is 0.0451. The second-order valence-electron chi connectivity index (χ2n) is 5.13. The summed E-state index contributed by atoms with van der Waals surface area (Å²) < 4.78 is 4.83. The highest BCUT2D eigenvalue weighted by molar-refractivity contribution is 5.79. The van der Waals surface area contributed by atoms with Gasteiger partial charge in [-0.05, 0) is 0 Å². The highest BCUT2D eigenvalue weighted by Crippen LogP contribution is 2.10. The van der Waals surface area contributed by atoms with Gasteiger partial charge in [0, 0.05) is 17.4 Å². The van der Waals surface area contributed by atoms with Crippen molar-refractivity contribution in [1.29, 1.82) is 0 Å². The summed E-state index contributed by atoms with van der Waals surface area (Å²) in [5, 5.41) is 33.4. The number of hydrogen-bond acceptors (Lipinski definition) is 5. The van der Waals surface area contributed by atoms with E-state index in [9.17, 15) is 9.59 Å². The maximum Gasteiger partial charge on any atom is 0.331 e. The summed E-state index contributed by atoms with van der Waals surface area (Å²) in [6, 6.07) is 0. The van der Waals surface area contributed by atoms with Gasteiger partial charge in [0.15, 0.2) is 0 Å². The lowest BCUT2D eigenvalue weighted by molar-refractivity contribution is -0.132. The number of carbonyl (C=O) groups is 2. The van der Waals surface area contributed by atoms with Gasteiger partial charge in [-0.3, -0.25) is 0 Å². The predicted molar refractivity (Wildman–Crippen MR) is 76.6 cm³/mol. The van der Waals surface area contributed by atoms with Crippen molar-refractivity contribution in [3.05, 3.63) is 24.5 Å². The van der Waals surface area contributed by atoms with Crippen LogP contribution in [0.3, 0.4) is 0 Å². The van der Waals surface area contributed by atoms with Crippen LogP contribution in [0, 0.1) is 11.3 Å². The SMILES string of the molecule is CC(C)(CO)CO.CC(C=CC(=O)O)COC=CC(=O)O. The van der Waals surface area contributed by atoms with E-state index in [0.717, 1.165) is 18.4 Å². The third-order valence-corrected chi connectivity index (χ3v) is 2.09. The van der Waals surface area contributed by atoms with Crippen molar-refractivity contribution >= 4 is 11.9 Å². The first kappa shape index (κ1) is 21.4. The van der Waals surface area contributed by atoms with Crippen molar-refractivity contribution in [1.82, 2.24) is 0 Å². The first-order chi connectivity index (χ1) is 9.64. The van der Waals surface area contributed by atoms with Crippen molar-refractivity contribution in [3.63, 3.8) is 0 Å². The Morgan fingerprint density at radius 3 is 1.90 bits per heavy atom. The average molecular weight is 304 g/mol. The molecule has 1 atom stereocenters. The topological polar surface area (TPSA) is 124 Å². The molecule has 0 saturated heterocycles. The van der Waals surface area contributed by atoms with E-state index in [2.05, 4.69) is 0 Å². The standard InChI is InChI=1S/C9H12O5.C5H12O2/c1-7(2-3-8(10)11)6-14-5-4-9(12)13;1-5(2,3-6)4-7/h2-5,7H,6H2,1H3,(H,10,11)(H,12,13);6-7H,3-4H2,1-2H3. The first-order valence-electron chi connectivity index (χ1n) is 6.28. The fraction of sp³-hybridized carbons (Fsp3) is 0.571. The molecule has 0 amide bonds. The fourth-order valence-electron chi connectivity index (χ4n) is 0.666. The quantitative estimate of drug-likeness (QED) is 0.387. The molecule has 0 heterocycles. The molecule has 0 aliphatic heterocycles. The number of aliphatic carboxylic acids is 2. The van der Waals surface area contributed by atoms with Crippen molar-refractivity contribution in [3.8, 4) is 0 Å². The second kappa shape index (κ2) is 11.9. The molecule has 0 aromatic carbocycles. The highest BCUT2D eigenvalue weighted by Gasteiger charge is 2.13. The molecule has 0 bridgehead atoms. The average Bonchev–Trinajstić information content (AvgIpc) is 2.42. The highest BCUT2D eigenvalue weighted by atomic mass is 16.5. The van der Waals surface area contributed by atoms with Gasteiger partial charge >= 0.3 is 11.9 Å². The monoisotopic (exact) mass is 304 g/mol. The van der Waals surface area contributed by atoms with E-state index < -0.39 is 11.9 Å². The molecule has 0 aromatic heterocycles. The lowest BCUT2D eigenvalue weighted by atomic mass is 9.97. The summed E-state index contributed by atoms with van der Waals surface area (Å²) in [5.41, 5.74) is -0.306. The van der Waals surface area contributed by atoms with Gasteiger partial charge in [-0.25, -0.2) is 9.59 Å². The Morgan fingerprint density at radius 2 is 1.57 bits per heavy atom. The number of carboxylic acid groups (broad SMARTS) is 2. The molecule has 0 aliphatic carbocycles. The fourth-order valence-corrected chi connectivity index (χ4v) is 0.666. The molecule has 21 heavy (non-hydrogen) atoms. The van der Waals surface area contributed by atoms with E-state index in [1.54, 1.807) is 20.8 Å². The second-order valence-corrected chi connectivity index (χ2v) is 5.13. The lowest BCUT2D eigenvalue weighted by Gasteiger charge is -2.16. The summed E-state index contributed by atoms with van der Waals surface area (Å²) >= 11 is 0. The Kier molecular flexibility index (Phi) is 12.2. The predicted octanol–water partition coefficient (Wildman–Crippen LogP) is 0.875. The zero-order valence-electron chi connectivity index (χ0n) is 12.5. The summed E-state index contributed by atoms with van der Waals surface area (Å²) in [6.07, 6.45) is 4.42. The zero-order chi connectivity index (χ0) is 16.9. The lowest BCUT2D eigenvalue weighted by Crippen LogP contribution is -2.20. The molecule has 4 N–H and O–H groups in total. The van der Waals surface area contributed by atoms with Crippen LogP contribution in [-0.2, 0) is 14.3 Å². The molecule has 7 heteroatoms. The molecule has 0 rings (SSSR count). The van der Waals surface area contributed by atoms with Crippen LogP contribution < -0.4 is 0 Å². The summed E-state index contributed by atoms with van der Waals surface area (Å²) in [6.45, 7) is 5.69. The van der Waals surface area contributed by atoms with Crippen LogP contribution in [0.2, 0.25) is 0 Å². The number of carboxylic acids is 2. The van der Waals surface area contributed by atoms with Gasteiger partial charge in [-0.15, -0.1) is 0 Å². The van der Waals surface area contributed by atoms with E-state index in [4.69, 9.17) is 25.2 Å². The minimum atomic E-state index is -1.08. The van der Waals surface area contributed by atoms with Gasteiger partial charge in [0.25, 0.3) is 0 Å². The number of aliphatic hydroxyl groups excluding tert-OH is 2. The van der Waals surface area contributed by atoms with Gasteiger partial charge in [-0.2, -0.15) is 0 Å². The molecule has 0 aromatic rings. The number of aliphatic hydroxyl groups is 2. The van der Waals surface area contributed by atoms with E-state index in [0.29, 0.717) is 0 Å². The first-order valence-corrected chi connectivity index (χ1v) is 6.28. The third kappa shape index (κ3) is 18.1. The van der Waals surface area contributed by atoms with E-state index >= 15 is 0 Å². The molecule has 0 fully saturated rings. The van der Waals surface area contributed by atoms with E-state index in [1.165, 1.54) is 6.08 Å². The van der Waals surface area contributed by atoms with Gasteiger partial charge in [0.1, 0.15) is 0 Å². The van der Waals surface area contributed by atoms with Crippen LogP contribution in [0.25, 0.3) is 0 Å². The van der Waals surface area contributed by atoms with Crippen LogP contribution in [-0.4, -0.2) is 52.2 Å². The van der Waals surface area contributed by atoms with Crippen LogP contribution in [0.5, 0.6) is 0 Å². The smallest absolute Gasteiger partial charge is 0.331 e. The minimum Gasteiger partial charge on any atom is -0.500 e. The van der Waals surface area contributed by atoms with Crippen molar-refractivity contribution in [2.24, 2.45) is 11.3 Å². The van der Waals surface area contributed by atoms with Gasteiger partial charge in [-0.1, -0.05) is 26.8 Å². The van der Waals surface area contributed by atoms with Crippen molar-refractivity contribution in [2.75, 3.05) is 19.8 Å². The van der Waals surface area contributed by atoms with Crippen LogP contribution in [0.15, 0.2) is 24.5 Å². The van der Waals surface area contributed by atoms with Gasteiger partial charge in [0.05, 0.1) is 32.2 Å². The Hall–Kier alpha value is -1.86. The number of hydrogen-bond donors (Lipinski definition) is 4. The Morgan fingerprint density at radius 1 is 1.10 bits per heavy atom. The van der Waals surface area contributed by atoms with Gasteiger partial charge < -0.3 is 25.2 Å². The molecule has 0 spiro atoms. The third-order valence-electron chi connectivity index (χ3n) is 2.09. The molecule has 0 radical (unpaired) electrons. The van der Waals surface area contributed by atoms with Crippen LogP contribution in [0.4, 0.5) is 0 Å². The van der Waals surface area contributed by atoms with Crippen LogP contribution in [0.1, 0.15) is 20.8 Å². The molecule has 1 unspecified atom stereocenters.